The summed E-state index contributed by atoms with van der Waals surface area (Å²) in [6, 6.07) is 8.41. The van der Waals surface area contributed by atoms with E-state index in [2.05, 4.69) is 20.5 Å². The number of carbonyl (C=O) groups is 3. The molecule has 2 aliphatic heterocycles. The molecule has 10 nitrogen and oxygen atoms in total. The summed E-state index contributed by atoms with van der Waals surface area (Å²) in [4.78, 5) is 43.5. The Morgan fingerprint density at radius 1 is 1.16 bits per heavy atom. The molecule has 2 saturated heterocycles. The highest BCUT2D eigenvalue weighted by Gasteiger charge is 2.57. The minimum Gasteiger partial charge on any atom is -0.444 e. The molecule has 1 saturated carbocycles. The van der Waals surface area contributed by atoms with Crippen molar-refractivity contribution in [2.24, 2.45) is 11.8 Å². The van der Waals surface area contributed by atoms with Crippen molar-refractivity contribution in [3.8, 4) is 11.1 Å². The van der Waals surface area contributed by atoms with Gasteiger partial charge in [-0.05, 0) is 51.1 Å². The van der Waals surface area contributed by atoms with Crippen molar-refractivity contribution < 1.29 is 28.2 Å². The Hall–Kier alpha value is -3.89. The molecular formula is C27H32FN5O5. The molecule has 1 aliphatic carbocycles. The molecule has 11 heteroatoms. The van der Waals surface area contributed by atoms with Gasteiger partial charge < -0.3 is 25.0 Å². The predicted molar refractivity (Wildman–Crippen MR) is 138 cm³/mol. The highest BCUT2D eigenvalue weighted by atomic mass is 19.1. The van der Waals surface area contributed by atoms with Crippen LogP contribution in [0.5, 0.6) is 0 Å². The molecule has 3 aliphatic rings. The summed E-state index contributed by atoms with van der Waals surface area (Å²) in [5.41, 5.74) is 0.862. The van der Waals surface area contributed by atoms with Crippen molar-refractivity contribution in [2.45, 2.75) is 45.4 Å². The van der Waals surface area contributed by atoms with Crippen molar-refractivity contribution in [1.82, 2.24) is 15.6 Å². The van der Waals surface area contributed by atoms with Crippen molar-refractivity contribution in [3.63, 3.8) is 0 Å². The molecule has 1 aromatic carbocycles. The van der Waals surface area contributed by atoms with Crippen LogP contribution in [0.4, 0.5) is 25.5 Å². The van der Waals surface area contributed by atoms with E-state index in [0.29, 0.717) is 28.7 Å². The molecule has 0 unspecified atom stereocenters. The van der Waals surface area contributed by atoms with E-state index in [1.165, 1.54) is 17.9 Å². The smallest absolute Gasteiger partial charge is 0.414 e. The molecule has 2 N–H and O–H groups in total. The van der Waals surface area contributed by atoms with Crippen LogP contribution >= 0.6 is 0 Å². The maximum atomic E-state index is 15.1. The number of aromatic nitrogens is 1. The number of anilines is 2. The van der Waals surface area contributed by atoms with E-state index in [1.54, 1.807) is 18.3 Å². The standard InChI is InChI=1S/C27H32FN5O5/c1-15(34)29-11-18-12-33(26(36)37-18)17-6-7-19(22(28)9-17)16-5-8-23(30-10-16)32-13-20-21(14-32)24(20)31-25(35)38-27(2,3)4/h5-10,18,20-21,24H,11-14H2,1-4H3,(H,29,34)(H,31,35)/t18-,20-,21+,24+/m0/s1. The van der Waals surface area contributed by atoms with Crippen LogP contribution in [0, 0.1) is 17.7 Å². The maximum absolute atomic E-state index is 15.1. The fourth-order valence-corrected chi connectivity index (χ4v) is 5.11. The van der Waals surface area contributed by atoms with E-state index in [-0.39, 0.29) is 31.1 Å². The largest absolute Gasteiger partial charge is 0.444 e. The van der Waals surface area contributed by atoms with Gasteiger partial charge >= 0.3 is 12.2 Å². The number of amides is 3. The number of carbonyl (C=O) groups excluding carboxylic acids is 3. The van der Waals surface area contributed by atoms with Gasteiger partial charge in [0.25, 0.3) is 0 Å². The number of nitrogens with zero attached hydrogens (tertiary/aromatic N) is 3. The van der Waals surface area contributed by atoms with E-state index in [9.17, 15) is 14.4 Å². The predicted octanol–water partition coefficient (Wildman–Crippen LogP) is 3.31. The third-order valence-electron chi connectivity index (χ3n) is 6.98. The monoisotopic (exact) mass is 525 g/mol. The lowest BCUT2D eigenvalue weighted by molar-refractivity contribution is -0.119. The average molecular weight is 526 g/mol. The van der Waals surface area contributed by atoms with Crippen LogP contribution in [0.25, 0.3) is 11.1 Å². The Bertz CT molecular complexity index is 1240. The minimum absolute atomic E-state index is 0.126. The summed E-state index contributed by atoms with van der Waals surface area (Å²) < 4.78 is 25.7. The van der Waals surface area contributed by atoms with Crippen molar-refractivity contribution in [3.05, 3.63) is 42.3 Å². The summed E-state index contributed by atoms with van der Waals surface area (Å²) in [5, 5.41) is 5.58. The van der Waals surface area contributed by atoms with Gasteiger partial charge in [0.05, 0.1) is 18.8 Å². The van der Waals surface area contributed by atoms with Crippen molar-refractivity contribution in [2.75, 3.05) is 36.0 Å². The molecular weight excluding hydrogens is 493 g/mol. The number of rotatable bonds is 6. The third kappa shape index (κ3) is 5.51. The molecule has 202 valence electrons. The van der Waals surface area contributed by atoms with Gasteiger partial charge in [0.2, 0.25) is 5.91 Å². The number of halogens is 1. The molecule has 3 amide bonds. The Morgan fingerprint density at radius 3 is 2.50 bits per heavy atom. The molecule has 0 spiro atoms. The number of hydrogen-bond acceptors (Lipinski definition) is 7. The number of hydrogen-bond donors (Lipinski definition) is 2. The molecule has 1 aromatic heterocycles. The van der Waals surface area contributed by atoms with E-state index in [4.69, 9.17) is 9.47 Å². The van der Waals surface area contributed by atoms with Crippen LogP contribution in [0.15, 0.2) is 36.5 Å². The first-order chi connectivity index (χ1) is 18.0. The Labute approximate surface area is 220 Å². The average Bonchev–Trinajstić information content (AvgIpc) is 3.17. The van der Waals surface area contributed by atoms with Crippen LogP contribution in [0.2, 0.25) is 0 Å². The van der Waals surface area contributed by atoms with Gasteiger partial charge in [-0.2, -0.15) is 0 Å². The maximum Gasteiger partial charge on any atom is 0.414 e. The molecule has 38 heavy (non-hydrogen) atoms. The van der Waals surface area contributed by atoms with Gasteiger partial charge in [-0.3, -0.25) is 9.69 Å². The minimum atomic E-state index is -0.578. The van der Waals surface area contributed by atoms with Gasteiger partial charge in [-0.25, -0.2) is 19.0 Å². The number of cyclic esters (lactones) is 1. The zero-order valence-corrected chi connectivity index (χ0v) is 21.9. The van der Waals surface area contributed by atoms with E-state index in [1.807, 2.05) is 32.9 Å². The Balaban J connectivity index is 1.17. The molecule has 3 fully saturated rings. The second kappa shape index (κ2) is 9.77. The van der Waals surface area contributed by atoms with E-state index >= 15 is 4.39 Å². The molecule has 5 rings (SSSR count). The zero-order valence-electron chi connectivity index (χ0n) is 21.9. The first-order valence-corrected chi connectivity index (χ1v) is 12.7. The lowest BCUT2D eigenvalue weighted by Crippen LogP contribution is -2.38. The Morgan fingerprint density at radius 2 is 1.89 bits per heavy atom. The lowest BCUT2D eigenvalue weighted by atomic mass is 10.1. The summed E-state index contributed by atoms with van der Waals surface area (Å²) in [7, 11) is 0. The Kier molecular flexibility index (Phi) is 6.62. The number of fused-ring (bicyclic) bond motifs is 1. The number of piperidine rings is 1. The van der Waals surface area contributed by atoms with E-state index < -0.39 is 23.6 Å². The normalized spacial score (nSPS) is 24.1. The highest BCUT2D eigenvalue weighted by Crippen LogP contribution is 2.46. The summed E-state index contributed by atoms with van der Waals surface area (Å²) in [6.45, 7) is 8.91. The van der Waals surface area contributed by atoms with Crippen LogP contribution in [-0.2, 0) is 14.3 Å². The van der Waals surface area contributed by atoms with Crippen LogP contribution in [-0.4, -0.2) is 67.0 Å². The van der Waals surface area contributed by atoms with Gasteiger partial charge in [0.1, 0.15) is 23.3 Å². The second-order valence-corrected chi connectivity index (χ2v) is 11.0. The third-order valence-corrected chi connectivity index (χ3v) is 6.98. The number of alkyl carbamates (subject to hydrolysis) is 1. The second-order valence-electron chi connectivity index (χ2n) is 11.0. The number of nitrogens with one attached hydrogen (secondary N) is 2. The van der Waals surface area contributed by atoms with Gasteiger partial charge in [-0.15, -0.1) is 0 Å². The number of pyridine rings is 1. The molecule has 2 aromatic rings. The van der Waals surface area contributed by atoms with Crippen LogP contribution in [0.3, 0.4) is 0 Å². The summed E-state index contributed by atoms with van der Waals surface area (Å²) >= 11 is 0. The first kappa shape index (κ1) is 25.7. The van der Waals surface area contributed by atoms with Crippen molar-refractivity contribution >= 4 is 29.6 Å². The highest BCUT2D eigenvalue weighted by molar-refractivity contribution is 5.90. The van der Waals surface area contributed by atoms with Crippen LogP contribution < -0.4 is 20.4 Å². The number of benzene rings is 1. The fourth-order valence-electron chi connectivity index (χ4n) is 5.11. The summed E-state index contributed by atoms with van der Waals surface area (Å²) in [5.74, 6) is 0.844. The quantitative estimate of drug-likeness (QED) is 0.595. The van der Waals surface area contributed by atoms with E-state index in [0.717, 1.165) is 18.9 Å². The topological polar surface area (TPSA) is 113 Å². The van der Waals surface area contributed by atoms with Crippen LogP contribution in [0.1, 0.15) is 27.7 Å². The molecule has 0 radical (unpaired) electrons. The lowest BCUT2D eigenvalue weighted by Gasteiger charge is -2.23. The SMILES string of the molecule is CC(=O)NC[C@H]1CN(c2ccc(-c3ccc(N4C[C@@H]5[C@H](C4)[C@H]5NC(=O)OC(C)(C)C)nc3)c(F)c2)C(=O)O1. The first-order valence-electron chi connectivity index (χ1n) is 12.7. The van der Waals surface area contributed by atoms with Gasteiger partial charge in [-0.1, -0.05) is 0 Å². The fraction of sp³-hybridized carbons (Fsp3) is 0.481. The molecule has 0 bridgehead atoms. The van der Waals surface area contributed by atoms with Gasteiger partial charge in [0.15, 0.2) is 0 Å². The number of ether oxygens (including phenoxy) is 2. The molecule has 4 atom stereocenters. The zero-order chi connectivity index (χ0) is 27.2. The molecule has 3 heterocycles. The van der Waals surface area contributed by atoms with Gasteiger partial charge in [0, 0.05) is 55.2 Å². The van der Waals surface area contributed by atoms with Crippen molar-refractivity contribution in [1.29, 1.82) is 0 Å². The summed E-state index contributed by atoms with van der Waals surface area (Å²) in [6.07, 6.45) is 0.184.